The van der Waals surface area contributed by atoms with Crippen LogP contribution in [0.3, 0.4) is 0 Å². The molecule has 1 aliphatic rings. The lowest BCUT2D eigenvalue weighted by Gasteiger charge is -2.22. The number of rotatable bonds is 9. The van der Waals surface area contributed by atoms with Crippen LogP contribution in [0.5, 0.6) is 23.0 Å². The van der Waals surface area contributed by atoms with Gasteiger partial charge in [0.15, 0.2) is 23.0 Å². The second-order valence-corrected chi connectivity index (χ2v) is 8.01. The van der Waals surface area contributed by atoms with Gasteiger partial charge in [-0.1, -0.05) is 6.07 Å². The highest BCUT2D eigenvalue weighted by Crippen LogP contribution is 2.29. The molecule has 0 spiro atoms. The zero-order chi connectivity index (χ0) is 24.5. The van der Waals surface area contributed by atoms with Gasteiger partial charge in [-0.3, -0.25) is 9.59 Å². The summed E-state index contributed by atoms with van der Waals surface area (Å²) in [4.78, 5) is 29.6. The second kappa shape index (κ2) is 12.2. The molecule has 0 aliphatic carbocycles. The third kappa shape index (κ3) is 6.12. The Morgan fingerprint density at radius 2 is 1.44 bits per heavy atom. The van der Waals surface area contributed by atoms with E-state index in [9.17, 15) is 9.59 Å². The van der Waals surface area contributed by atoms with Crippen molar-refractivity contribution in [3.05, 3.63) is 47.5 Å². The molecule has 1 fully saturated rings. The summed E-state index contributed by atoms with van der Waals surface area (Å²) in [6.07, 6.45) is 1.76. The predicted molar refractivity (Wildman–Crippen MR) is 129 cm³/mol. The zero-order valence-electron chi connectivity index (χ0n) is 20.5. The molecule has 8 nitrogen and oxygen atoms in total. The number of nitrogens with zero attached hydrogens (tertiary/aromatic N) is 2. The third-order valence-electron chi connectivity index (χ3n) is 5.92. The number of hydrogen-bond acceptors (Lipinski definition) is 6. The quantitative estimate of drug-likeness (QED) is 0.559. The van der Waals surface area contributed by atoms with Crippen LogP contribution in [0.25, 0.3) is 0 Å². The van der Waals surface area contributed by atoms with Gasteiger partial charge in [-0.25, -0.2) is 0 Å². The lowest BCUT2D eigenvalue weighted by atomic mass is 10.1. The fourth-order valence-corrected chi connectivity index (χ4v) is 4.07. The molecular formula is C26H34N2O6. The Morgan fingerprint density at radius 3 is 2.15 bits per heavy atom. The summed E-state index contributed by atoms with van der Waals surface area (Å²) in [5, 5.41) is 0. The zero-order valence-corrected chi connectivity index (χ0v) is 20.5. The normalized spacial score (nSPS) is 13.8. The van der Waals surface area contributed by atoms with E-state index in [0.717, 1.165) is 12.0 Å². The Balaban J connectivity index is 1.56. The molecule has 0 aromatic heterocycles. The molecule has 0 unspecified atom stereocenters. The number of aryl methyl sites for hydroxylation is 1. The lowest BCUT2D eigenvalue weighted by Crippen LogP contribution is -2.37. The maximum absolute atomic E-state index is 13.0. The highest BCUT2D eigenvalue weighted by atomic mass is 16.5. The first-order valence-electron chi connectivity index (χ1n) is 11.6. The van der Waals surface area contributed by atoms with Crippen molar-refractivity contribution in [2.45, 2.75) is 26.2 Å². The van der Waals surface area contributed by atoms with Crippen molar-refractivity contribution in [1.29, 1.82) is 0 Å². The van der Waals surface area contributed by atoms with E-state index >= 15 is 0 Å². The highest BCUT2D eigenvalue weighted by Gasteiger charge is 2.23. The lowest BCUT2D eigenvalue weighted by molar-refractivity contribution is -0.131. The molecule has 0 bridgehead atoms. The van der Waals surface area contributed by atoms with Gasteiger partial charge in [0.25, 0.3) is 5.91 Å². The van der Waals surface area contributed by atoms with Crippen LogP contribution in [0.2, 0.25) is 0 Å². The summed E-state index contributed by atoms with van der Waals surface area (Å²) >= 11 is 0. The second-order valence-electron chi connectivity index (χ2n) is 8.01. The smallest absolute Gasteiger partial charge is 0.254 e. The van der Waals surface area contributed by atoms with Gasteiger partial charge in [0.2, 0.25) is 5.91 Å². The molecule has 2 amide bonds. The number of methoxy groups -OCH3 is 3. The summed E-state index contributed by atoms with van der Waals surface area (Å²) in [6, 6.07) is 10.9. The maximum atomic E-state index is 13.0. The molecule has 1 heterocycles. The summed E-state index contributed by atoms with van der Waals surface area (Å²) in [7, 11) is 4.72. The fraction of sp³-hybridized carbons (Fsp3) is 0.462. The molecule has 1 aliphatic heterocycles. The topological polar surface area (TPSA) is 77.5 Å². The van der Waals surface area contributed by atoms with E-state index < -0.39 is 0 Å². The van der Waals surface area contributed by atoms with E-state index in [1.807, 2.05) is 30.0 Å². The highest BCUT2D eigenvalue weighted by molar-refractivity contribution is 5.95. The first kappa shape index (κ1) is 25.2. The molecule has 8 heteroatoms. The monoisotopic (exact) mass is 470 g/mol. The molecule has 0 atom stereocenters. The average Bonchev–Trinajstić information content (AvgIpc) is 3.13. The van der Waals surface area contributed by atoms with Crippen LogP contribution in [-0.4, -0.2) is 75.7 Å². The van der Waals surface area contributed by atoms with Gasteiger partial charge in [0.1, 0.15) is 0 Å². The number of carbonyl (C=O) groups is 2. The minimum atomic E-state index is -0.0725. The van der Waals surface area contributed by atoms with E-state index in [-0.39, 0.29) is 11.8 Å². The minimum Gasteiger partial charge on any atom is -0.493 e. The molecule has 2 aromatic rings. The van der Waals surface area contributed by atoms with E-state index in [0.29, 0.717) is 74.2 Å². The predicted octanol–water partition coefficient (Wildman–Crippen LogP) is 3.42. The van der Waals surface area contributed by atoms with E-state index in [1.54, 1.807) is 44.4 Å². The van der Waals surface area contributed by atoms with E-state index in [1.165, 1.54) is 0 Å². The van der Waals surface area contributed by atoms with Crippen LogP contribution in [0, 0.1) is 0 Å². The molecule has 2 aromatic carbocycles. The molecular weight excluding hydrogens is 436 g/mol. The van der Waals surface area contributed by atoms with Gasteiger partial charge in [-0.2, -0.15) is 0 Å². The SMILES string of the molecule is CCOc1ccc(CCC(=O)N2CCCN(C(=O)c3ccc(OC)c(OC)c3)CC2)cc1OC. The van der Waals surface area contributed by atoms with Gasteiger partial charge >= 0.3 is 0 Å². The molecule has 184 valence electrons. The van der Waals surface area contributed by atoms with E-state index in [4.69, 9.17) is 18.9 Å². The number of hydrogen-bond donors (Lipinski definition) is 0. The number of ether oxygens (including phenoxy) is 4. The number of benzene rings is 2. The Labute approximate surface area is 201 Å². The summed E-state index contributed by atoms with van der Waals surface area (Å²) in [6.45, 7) is 4.75. The van der Waals surface area contributed by atoms with Gasteiger partial charge in [-0.05, 0) is 55.7 Å². The largest absolute Gasteiger partial charge is 0.493 e. The van der Waals surface area contributed by atoms with Crippen molar-refractivity contribution in [3.8, 4) is 23.0 Å². The van der Waals surface area contributed by atoms with Crippen LogP contribution >= 0.6 is 0 Å². The van der Waals surface area contributed by atoms with Gasteiger partial charge in [0.05, 0.1) is 27.9 Å². The van der Waals surface area contributed by atoms with Crippen molar-refractivity contribution >= 4 is 11.8 Å². The first-order chi connectivity index (χ1) is 16.5. The van der Waals surface area contributed by atoms with Gasteiger partial charge < -0.3 is 28.7 Å². The standard InChI is InChI=1S/C26H34N2O6/c1-5-34-22-10-7-19(17-23(22)32-3)8-12-25(29)27-13-6-14-28(16-15-27)26(30)20-9-11-21(31-2)24(18-20)33-4/h7,9-11,17-18H,5-6,8,12-16H2,1-4H3. The Morgan fingerprint density at radius 1 is 0.794 bits per heavy atom. The number of amides is 2. The Hall–Kier alpha value is -3.42. The van der Waals surface area contributed by atoms with Crippen LogP contribution < -0.4 is 18.9 Å². The molecule has 0 N–H and O–H groups in total. The molecule has 1 saturated heterocycles. The van der Waals surface area contributed by atoms with E-state index in [2.05, 4.69) is 0 Å². The van der Waals surface area contributed by atoms with Crippen LogP contribution in [0.4, 0.5) is 0 Å². The van der Waals surface area contributed by atoms with Crippen molar-refractivity contribution in [2.24, 2.45) is 0 Å². The fourth-order valence-electron chi connectivity index (χ4n) is 4.07. The van der Waals surface area contributed by atoms with Gasteiger partial charge in [0, 0.05) is 38.2 Å². The van der Waals surface area contributed by atoms with Crippen LogP contribution in [0.15, 0.2) is 36.4 Å². The molecule has 34 heavy (non-hydrogen) atoms. The van der Waals surface area contributed by atoms with Gasteiger partial charge in [-0.15, -0.1) is 0 Å². The molecule has 0 saturated carbocycles. The Kier molecular flexibility index (Phi) is 9.01. The third-order valence-corrected chi connectivity index (χ3v) is 5.92. The Bertz CT molecular complexity index is 993. The van der Waals surface area contributed by atoms with Crippen molar-refractivity contribution in [2.75, 3.05) is 54.1 Å². The summed E-state index contributed by atoms with van der Waals surface area (Å²) in [5.41, 5.74) is 1.57. The minimum absolute atomic E-state index is 0.0725. The summed E-state index contributed by atoms with van der Waals surface area (Å²) in [5.74, 6) is 2.49. The van der Waals surface area contributed by atoms with Crippen molar-refractivity contribution in [3.63, 3.8) is 0 Å². The summed E-state index contributed by atoms with van der Waals surface area (Å²) < 4.78 is 21.5. The molecule has 3 rings (SSSR count). The van der Waals surface area contributed by atoms with Crippen molar-refractivity contribution < 1.29 is 28.5 Å². The van der Waals surface area contributed by atoms with Crippen LogP contribution in [0.1, 0.15) is 35.7 Å². The maximum Gasteiger partial charge on any atom is 0.254 e. The van der Waals surface area contributed by atoms with Crippen molar-refractivity contribution in [1.82, 2.24) is 9.80 Å². The number of carbonyl (C=O) groups excluding carboxylic acids is 2. The average molecular weight is 471 g/mol. The van der Waals surface area contributed by atoms with Crippen LogP contribution in [-0.2, 0) is 11.2 Å². The first-order valence-corrected chi connectivity index (χ1v) is 11.6. The molecule has 0 radical (unpaired) electrons.